The lowest BCUT2D eigenvalue weighted by Gasteiger charge is -2.27. The second kappa shape index (κ2) is 24.1. The molecule has 0 aliphatic carbocycles. The van der Waals surface area contributed by atoms with Crippen molar-refractivity contribution in [1.82, 2.24) is 31.6 Å². The highest BCUT2D eigenvalue weighted by atomic mass is 32.2. The van der Waals surface area contributed by atoms with Gasteiger partial charge in [-0.1, -0.05) is 74.5 Å². The predicted octanol–water partition coefficient (Wildman–Crippen LogP) is 2.30. The Balaban J connectivity index is 1.75. The summed E-state index contributed by atoms with van der Waals surface area (Å²) in [5, 5.41) is 13.6. The maximum atomic E-state index is 14.0. The van der Waals surface area contributed by atoms with E-state index < -0.39 is 65.8 Å². The molecule has 2 aromatic rings. The summed E-state index contributed by atoms with van der Waals surface area (Å²) in [6.07, 6.45) is 2.59. The third kappa shape index (κ3) is 15.7. The van der Waals surface area contributed by atoms with Gasteiger partial charge in [-0.2, -0.15) is 11.8 Å². The lowest BCUT2D eigenvalue weighted by Crippen LogP contribution is -2.58. The van der Waals surface area contributed by atoms with Crippen molar-refractivity contribution in [3.8, 4) is 0 Å². The van der Waals surface area contributed by atoms with Gasteiger partial charge < -0.3 is 36.2 Å². The lowest BCUT2D eigenvalue weighted by molar-refractivity contribution is -0.199. The van der Waals surface area contributed by atoms with Crippen molar-refractivity contribution >= 4 is 59.8 Å². The van der Waals surface area contributed by atoms with Crippen molar-refractivity contribution in [2.75, 3.05) is 18.6 Å². The van der Waals surface area contributed by atoms with Crippen molar-refractivity contribution in [3.05, 3.63) is 71.8 Å². The Hall–Kier alpha value is -5.45. The number of unbranched alkanes of at least 4 members (excludes halogenated alkanes) is 1. The van der Waals surface area contributed by atoms with Crippen molar-refractivity contribution in [3.63, 3.8) is 0 Å². The van der Waals surface area contributed by atoms with E-state index >= 15 is 0 Å². The zero-order valence-electron chi connectivity index (χ0n) is 32.0. The van der Waals surface area contributed by atoms with Gasteiger partial charge in [0.2, 0.25) is 24.1 Å². The fraction of sp³-hybridized carbons (Fsp3) is 0.487. The molecule has 16 nitrogen and oxygen atoms in total. The molecule has 0 bridgehead atoms. The van der Waals surface area contributed by atoms with Gasteiger partial charge in [-0.25, -0.2) is 9.59 Å². The van der Waals surface area contributed by atoms with E-state index in [4.69, 9.17) is 9.57 Å². The normalized spacial score (nSPS) is 14.5. The van der Waals surface area contributed by atoms with Gasteiger partial charge in [0, 0.05) is 25.8 Å². The number of rotatable bonds is 24. The van der Waals surface area contributed by atoms with Crippen molar-refractivity contribution < 1.29 is 47.9 Å². The fourth-order valence-electron chi connectivity index (χ4n) is 5.69. The van der Waals surface area contributed by atoms with Crippen LogP contribution >= 0.6 is 11.8 Å². The van der Waals surface area contributed by atoms with Crippen LogP contribution in [0, 0.1) is 5.92 Å². The average Bonchev–Trinajstić information content (AvgIpc) is 3.50. The number of thioether (sulfide) groups is 1. The van der Waals surface area contributed by atoms with Crippen molar-refractivity contribution in [2.45, 2.75) is 96.0 Å². The highest BCUT2D eigenvalue weighted by Gasteiger charge is 2.36. The molecule has 1 heterocycles. The fourth-order valence-corrected chi connectivity index (χ4v) is 6.16. The Morgan fingerprint density at radius 3 is 1.95 bits per heavy atom. The topological polar surface area (TPSA) is 218 Å². The SMILES string of the molecule is CSCC[C@H](NC=O)C(=O)N[C@@H](CC(C)C)C(=O)N[C@@H](Cc1ccccc1)C(=O)N[C@@H](CCCCNC(=O)OCc1ccccc1)C(=O)ON1C(=O)CCC1=O. The molecule has 1 aliphatic rings. The van der Waals surface area contributed by atoms with Crippen LogP contribution in [-0.2, 0) is 56.2 Å². The number of amides is 7. The van der Waals surface area contributed by atoms with Crippen LogP contribution in [0.4, 0.5) is 4.79 Å². The molecular weight excluding hydrogens is 745 g/mol. The van der Waals surface area contributed by atoms with Gasteiger partial charge in [-0.3, -0.25) is 28.8 Å². The molecule has 1 saturated heterocycles. The highest BCUT2D eigenvalue weighted by Crippen LogP contribution is 2.15. The van der Waals surface area contributed by atoms with Crippen LogP contribution in [0.15, 0.2) is 60.7 Å². The third-order valence-electron chi connectivity index (χ3n) is 8.64. The van der Waals surface area contributed by atoms with Crippen molar-refractivity contribution in [1.29, 1.82) is 0 Å². The molecule has 1 aliphatic heterocycles. The summed E-state index contributed by atoms with van der Waals surface area (Å²) in [4.78, 5) is 108. The van der Waals surface area contributed by atoms with Crippen molar-refractivity contribution in [2.24, 2.45) is 5.92 Å². The number of ether oxygens (including phenoxy) is 1. The summed E-state index contributed by atoms with van der Waals surface area (Å²) < 4.78 is 5.22. The minimum Gasteiger partial charge on any atom is -0.445 e. The average molecular weight is 797 g/mol. The molecule has 2 aromatic carbocycles. The first kappa shape index (κ1) is 44.9. The second-order valence-electron chi connectivity index (χ2n) is 13.6. The van der Waals surface area contributed by atoms with Crippen LogP contribution in [0.5, 0.6) is 0 Å². The number of benzene rings is 2. The first-order chi connectivity index (χ1) is 26.9. The van der Waals surface area contributed by atoms with Gasteiger partial charge in [0.25, 0.3) is 11.8 Å². The molecule has 0 aromatic heterocycles. The molecule has 0 spiro atoms. The maximum absolute atomic E-state index is 14.0. The Labute approximate surface area is 330 Å². The Morgan fingerprint density at radius 1 is 0.768 bits per heavy atom. The quantitative estimate of drug-likeness (QED) is 0.0590. The first-order valence-electron chi connectivity index (χ1n) is 18.6. The zero-order chi connectivity index (χ0) is 40.9. The van der Waals surface area contributed by atoms with Crippen LogP contribution in [0.3, 0.4) is 0 Å². The second-order valence-corrected chi connectivity index (χ2v) is 14.6. The van der Waals surface area contributed by atoms with E-state index in [-0.39, 0.29) is 57.6 Å². The summed E-state index contributed by atoms with van der Waals surface area (Å²) in [6.45, 7) is 4.00. The van der Waals surface area contributed by atoms with Crippen LogP contribution in [0.2, 0.25) is 0 Å². The van der Waals surface area contributed by atoms with Gasteiger partial charge in [-0.05, 0) is 61.2 Å². The molecule has 304 valence electrons. The predicted molar refractivity (Wildman–Crippen MR) is 207 cm³/mol. The zero-order valence-corrected chi connectivity index (χ0v) is 32.8. The van der Waals surface area contributed by atoms with Crippen LogP contribution in [-0.4, -0.2) is 95.8 Å². The van der Waals surface area contributed by atoms with E-state index in [1.807, 2.05) is 50.4 Å². The van der Waals surface area contributed by atoms with Crippen LogP contribution < -0.4 is 26.6 Å². The Kier molecular flexibility index (Phi) is 19.4. The van der Waals surface area contributed by atoms with Gasteiger partial charge in [0.05, 0.1) is 0 Å². The third-order valence-corrected chi connectivity index (χ3v) is 9.29. The number of imide groups is 1. The molecular formula is C39H52N6O10S. The largest absolute Gasteiger partial charge is 0.445 e. The first-order valence-corrected chi connectivity index (χ1v) is 20.0. The number of nitrogens with zero attached hydrogens (tertiary/aromatic N) is 1. The van der Waals surface area contributed by atoms with E-state index in [0.29, 0.717) is 35.6 Å². The molecule has 7 amide bonds. The highest BCUT2D eigenvalue weighted by molar-refractivity contribution is 7.98. The maximum Gasteiger partial charge on any atom is 0.407 e. The minimum absolute atomic E-state index is 0.00365. The molecule has 0 radical (unpaired) electrons. The van der Waals surface area contributed by atoms with E-state index in [2.05, 4.69) is 26.6 Å². The smallest absolute Gasteiger partial charge is 0.407 e. The number of hydrogen-bond acceptors (Lipinski definition) is 11. The Bertz CT molecular complexity index is 1610. The van der Waals surface area contributed by atoms with Crippen LogP contribution in [0.1, 0.15) is 69.9 Å². The molecule has 17 heteroatoms. The molecule has 3 rings (SSSR count). The van der Waals surface area contributed by atoms with E-state index in [1.165, 1.54) is 11.8 Å². The van der Waals surface area contributed by atoms with Crippen LogP contribution in [0.25, 0.3) is 0 Å². The number of nitrogens with one attached hydrogen (secondary N) is 5. The monoisotopic (exact) mass is 796 g/mol. The summed E-state index contributed by atoms with van der Waals surface area (Å²) in [7, 11) is 0. The van der Waals surface area contributed by atoms with E-state index in [0.717, 1.165) is 5.56 Å². The summed E-state index contributed by atoms with van der Waals surface area (Å²) in [5.74, 6) is -3.89. The summed E-state index contributed by atoms with van der Waals surface area (Å²) >= 11 is 1.50. The molecule has 0 unspecified atom stereocenters. The Morgan fingerprint density at radius 2 is 1.34 bits per heavy atom. The molecule has 1 fully saturated rings. The van der Waals surface area contributed by atoms with Gasteiger partial charge >= 0.3 is 12.1 Å². The molecule has 0 saturated carbocycles. The van der Waals surface area contributed by atoms with E-state index in [9.17, 15) is 38.4 Å². The molecule has 56 heavy (non-hydrogen) atoms. The number of hydroxylamine groups is 2. The standard InChI is InChI=1S/C39H52N6O10S/c1-26(2)22-31(43-35(49)29(41-25-46)19-21-56-3)36(50)44-32(23-27-12-6-4-7-13-27)37(51)42-30(38(52)55-45-33(47)17-18-34(45)48)16-10-11-20-40-39(53)54-24-28-14-8-5-9-15-28/h4-9,12-15,25-26,29-32H,10-11,16-24H2,1-3H3,(H,40,53)(H,41,46)(H,42,51)(H,43,49)(H,44,50)/t29-,30-,31-,32-/m0/s1. The number of carbonyl (C=O) groups is 8. The number of alkyl carbamates (subject to hydrolysis) is 1. The van der Waals surface area contributed by atoms with E-state index in [1.54, 1.807) is 30.3 Å². The molecule has 5 N–H and O–H groups in total. The number of hydrogen-bond donors (Lipinski definition) is 5. The minimum atomic E-state index is -1.36. The van der Waals surface area contributed by atoms with Gasteiger partial charge in [-0.15, -0.1) is 5.06 Å². The number of carbonyl (C=O) groups excluding carboxylic acids is 8. The summed E-state index contributed by atoms with van der Waals surface area (Å²) in [5.41, 5.74) is 1.50. The van der Waals surface area contributed by atoms with Gasteiger partial charge in [0.15, 0.2) is 0 Å². The van der Waals surface area contributed by atoms with Gasteiger partial charge in [0.1, 0.15) is 30.8 Å². The molecule has 4 atom stereocenters. The lowest BCUT2D eigenvalue weighted by atomic mass is 10.00. The summed E-state index contributed by atoms with van der Waals surface area (Å²) in [6, 6.07) is 13.4.